The highest BCUT2D eigenvalue weighted by Gasteiger charge is 2.12. The summed E-state index contributed by atoms with van der Waals surface area (Å²) in [6, 6.07) is 0. The highest BCUT2D eigenvalue weighted by Crippen LogP contribution is 2.24. The number of allylic oxidation sites excluding steroid dienone is 2. The largest absolute Gasteiger partial charge is 0.106 e. The molecule has 0 N–H and O–H groups in total. The van der Waals surface area contributed by atoms with E-state index in [2.05, 4.69) is 41.1 Å². The second-order valence-electron chi connectivity index (χ2n) is 3.59. The maximum absolute atomic E-state index is 4.12. The van der Waals surface area contributed by atoms with Crippen molar-refractivity contribution >= 4 is 7.28 Å². The molecule has 0 saturated carbocycles. The van der Waals surface area contributed by atoms with Crippen LogP contribution in [0, 0.1) is 11.8 Å². The summed E-state index contributed by atoms with van der Waals surface area (Å²) in [5.74, 6) is 1.20. The third kappa shape index (κ3) is 3.80. The van der Waals surface area contributed by atoms with Gasteiger partial charge >= 0.3 is 0 Å². The van der Waals surface area contributed by atoms with E-state index in [1.807, 2.05) is 6.08 Å². The first-order chi connectivity index (χ1) is 5.63. The minimum atomic E-state index is 0.592. The van der Waals surface area contributed by atoms with Gasteiger partial charge in [0.25, 0.3) is 0 Å². The molecule has 0 nitrogen and oxygen atoms in total. The summed E-state index contributed by atoms with van der Waals surface area (Å²) in [5.41, 5.74) is 1.35. The molecule has 0 aliphatic heterocycles. The second kappa shape index (κ2) is 6.10. The van der Waals surface area contributed by atoms with E-state index in [4.69, 9.17) is 0 Å². The highest BCUT2D eigenvalue weighted by atomic mass is 14.1. The SMILES string of the molecule is C=CCC(C[B]C)C(=C)C(C)C. The zero-order valence-corrected chi connectivity index (χ0v) is 8.64. The molecule has 0 rings (SSSR count). The minimum Gasteiger partial charge on any atom is -0.103 e. The predicted octanol–water partition coefficient (Wildman–Crippen LogP) is 3.56. The van der Waals surface area contributed by atoms with Crippen molar-refractivity contribution in [1.82, 2.24) is 0 Å². The molecule has 0 saturated heterocycles. The lowest BCUT2D eigenvalue weighted by molar-refractivity contribution is 0.591. The topological polar surface area (TPSA) is 0 Å². The minimum absolute atomic E-state index is 0.592. The normalized spacial score (nSPS) is 12.7. The van der Waals surface area contributed by atoms with Crippen molar-refractivity contribution in [2.75, 3.05) is 0 Å². The average molecular weight is 163 g/mol. The third-order valence-corrected chi connectivity index (χ3v) is 2.24. The lowest BCUT2D eigenvalue weighted by atomic mass is 9.68. The molecule has 0 aromatic carbocycles. The van der Waals surface area contributed by atoms with Crippen LogP contribution in [-0.2, 0) is 0 Å². The van der Waals surface area contributed by atoms with E-state index in [-0.39, 0.29) is 0 Å². The molecule has 1 atom stereocenters. The van der Waals surface area contributed by atoms with Crippen LogP contribution in [0.15, 0.2) is 24.8 Å². The molecule has 0 aromatic heterocycles. The van der Waals surface area contributed by atoms with Crippen LogP contribution in [0.5, 0.6) is 0 Å². The maximum Gasteiger partial charge on any atom is 0.106 e. The molecule has 0 aromatic rings. The first-order valence-electron chi connectivity index (χ1n) is 4.70. The molecule has 0 bridgehead atoms. The molecule has 0 aliphatic rings. The fourth-order valence-electron chi connectivity index (χ4n) is 1.36. The Hall–Kier alpha value is -0.455. The van der Waals surface area contributed by atoms with Gasteiger partial charge in [-0.25, -0.2) is 0 Å². The third-order valence-electron chi connectivity index (χ3n) is 2.24. The lowest BCUT2D eigenvalue weighted by Gasteiger charge is -2.20. The predicted molar refractivity (Wildman–Crippen MR) is 58.7 cm³/mol. The van der Waals surface area contributed by atoms with Crippen molar-refractivity contribution in [3.8, 4) is 0 Å². The summed E-state index contributed by atoms with van der Waals surface area (Å²) in [7, 11) is 2.21. The smallest absolute Gasteiger partial charge is 0.103 e. The Morgan fingerprint density at radius 1 is 1.50 bits per heavy atom. The molecule has 12 heavy (non-hydrogen) atoms. The van der Waals surface area contributed by atoms with E-state index in [1.165, 1.54) is 5.57 Å². The summed E-state index contributed by atoms with van der Waals surface area (Å²) in [4.78, 5) is 0. The lowest BCUT2D eigenvalue weighted by Crippen LogP contribution is -2.08. The highest BCUT2D eigenvalue weighted by molar-refractivity contribution is 6.33. The molecule has 0 aliphatic carbocycles. The van der Waals surface area contributed by atoms with Gasteiger partial charge in [-0.2, -0.15) is 0 Å². The van der Waals surface area contributed by atoms with Crippen LogP contribution in [0.4, 0.5) is 0 Å². The first kappa shape index (κ1) is 11.5. The number of hydrogen-bond acceptors (Lipinski definition) is 0. The fourth-order valence-corrected chi connectivity index (χ4v) is 1.36. The van der Waals surface area contributed by atoms with E-state index < -0.39 is 0 Å². The quantitative estimate of drug-likeness (QED) is 0.414. The Balaban J connectivity index is 4.08. The van der Waals surface area contributed by atoms with Crippen LogP contribution in [0.25, 0.3) is 0 Å². The van der Waals surface area contributed by atoms with Crippen LogP contribution in [-0.4, -0.2) is 7.28 Å². The summed E-state index contributed by atoms with van der Waals surface area (Å²) < 4.78 is 0. The average Bonchev–Trinajstić information content (AvgIpc) is 2.03. The Morgan fingerprint density at radius 3 is 2.42 bits per heavy atom. The molecule has 0 heterocycles. The van der Waals surface area contributed by atoms with Crippen LogP contribution < -0.4 is 0 Å². The van der Waals surface area contributed by atoms with Gasteiger partial charge in [0.15, 0.2) is 0 Å². The van der Waals surface area contributed by atoms with Gasteiger partial charge in [0.2, 0.25) is 0 Å². The van der Waals surface area contributed by atoms with Crippen molar-refractivity contribution in [3.63, 3.8) is 0 Å². The van der Waals surface area contributed by atoms with Gasteiger partial charge in [0, 0.05) is 0 Å². The van der Waals surface area contributed by atoms with Crippen LogP contribution in [0.3, 0.4) is 0 Å². The molecule has 1 heteroatoms. The van der Waals surface area contributed by atoms with Crippen molar-refractivity contribution < 1.29 is 0 Å². The van der Waals surface area contributed by atoms with Gasteiger partial charge in [-0.3, -0.25) is 0 Å². The summed E-state index contributed by atoms with van der Waals surface area (Å²) in [6.07, 6.45) is 4.17. The van der Waals surface area contributed by atoms with E-state index in [1.54, 1.807) is 0 Å². The molecular weight excluding hydrogens is 143 g/mol. The van der Waals surface area contributed by atoms with E-state index in [9.17, 15) is 0 Å². The fraction of sp³-hybridized carbons (Fsp3) is 0.636. The molecule has 67 valence electrons. The summed E-state index contributed by atoms with van der Waals surface area (Å²) in [6.45, 7) is 14.4. The standard InChI is InChI=1S/C11H20B/c1-6-7-11(8-12-5)10(4)9(2)3/h6,9,11H,1,4,7-8H2,2-3,5H3. The molecule has 0 fully saturated rings. The van der Waals surface area contributed by atoms with Crippen LogP contribution >= 0.6 is 0 Å². The van der Waals surface area contributed by atoms with E-state index >= 15 is 0 Å². The van der Waals surface area contributed by atoms with Gasteiger partial charge in [-0.15, -0.1) is 6.58 Å². The zero-order chi connectivity index (χ0) is 9.56. The zero-order valence-electron chi connectivity index (χ0n) is 8.64. The Bertz CT molecular complexity index is 147. The molecule has 1 unspecified atom stereocenters. The van der Waals surface area contributed by atoms with Gasteiger partial charge in [0.1, 0.15) is 7.28 Å². The molecule has 1 radical (unpaired) electrons. The number of rotatable bonds is 6. The molecular formula is C11H20B. The second-order valence-corrected chi connectivity index (χ2v) is 3.59. The Morgan fingerprint density at radius 2 is 2.08 bits per heavy atom. The Kier molecular flexibility index (Phi) is 5.87. The Labute approximate surface area is 78.0 Å². The van der Waals surface area contributed by atoms with Crippen LogP contribution in [0.2, 0.25) is 13.1 Å². The van der Waals surface area contributed by atoms with Crippen LogP contribution in [0.1, 0.15) is 20.3 Å². The van der Waals surface area contributed by atoms with Gasteiger partial charge in [0.05, 0.1) is 0 Å². The molecule has 0 amide bonds. The summed E-state index contributed by atoms with van der Waals surface area (Å²) in [5, 5.41) is 0. The van der Waals surface area contributed by atoms with Crippen molar-refractivity contribution in [2.24, 2.45) is 11.8 Å². The first-order valence-corrected chi connectivity index (χ1v) is 4.70. The van der Waals surface area contributed by atoms with Gasteiger partial charge < -0.3 is 0 Å². The van der Waals surface area contributed by atoms with E-state index in [0.29, 0.717) is 11.8 Å². The molecule has 0 spiro atoms. The van der Waals surface area contributed by atoms with E-state index in [0.717, 1.165) is 12.7 Å². The van der Waals surface area contributed by atoms with Gasteiger partial charge in [-0.05, 0) is 18.3 Å². The monoisotopic (exact) mass is 163 g/mol. The van der Waals surface area contributed by atoms with Crippen molar-refractivity contribution in [3.05, 3.63) is 24.8 Å². The van der Waals surface area contributed by atoms with Crippen molar-refractivity contribution in [1.29, 1.82) is 0 Å². The van der Waals surface area contributed by atoms with Gasteiger partial charge in [-0.1, -0.05) is 45.2 Å². The van der Waals surface area contributed by atoms with Crippen molar-refractivity contribution in [2.45, 2.75) is 33.4 Å². The maximum atomic E-state index is 4.12. The summed E-state index contributed by atoms with van der Waals surface area (Å²) >= 11 is 0. The number of hydrogen-bond donors (Lipinski definition) is 0.